The Morgan fingerprint density at radius 2 is 2.00 bits per heavy atom. The molecule has 1 aromatic carbocycles. The Bertz CT molecular complexity index is 365. The van der Waals surface area contributed by atoms with Gasteiger partial charge in [-0.2, -0.15) is 0 Å². The van der Waals surface area contributed by atoms with Crippen molar-refractivity contribution in [3.05, 3.63) is 23.8 Å². The average molecular weight is 235 g/mol. The van der Waals surface area contributed by atoms with Crippen molar-refractivity contribution in [2.75, 3.05) is 26.8 Å². The van der Waals surface area contributed by atoms with Crippen molar-refractivity contribution in [1.82, 2.24) is 5.32 Å². The number of rotatable bonds is 4. The summed E-state index contributed by atoms with van der Waals surface area (Å²) in [5.41, 5.74) is 1.33. The van der Waals surface area contributed by atoms with Crippen LogP contribution in [0.3, 0.4) is 0 Å². The van der Waals surface area contributed by atoms with Gasteiger partial charge in [-0.1, -0.05) is 13.0 Å². The zero-order valence-corrected chi connectivity index (χ0v) is 10.7. The first-order valence-corrected chi connectivity index (χ1v) is 6.39. The highest BCUT2D eigenvalue weighted by Crippen LogP contribution is 2.33. The van der Waals surface area contributed by atoms with E-state index < -0.39 is 0 Å². The number of hydrogen-bond donors (Lipinski definition) is 1. The summed E-state index contributed by atoms with van der Waals surface area (Å²) < 4.78 is 11.4. The molecule has 0 amide bonds. The molecule has 1 aromatic rings. The van der Waals surface area contributed by atoms with Crippen LogP contribution in [0.1, 0.15) is 31.2 Å². The molecule has 3 nitrogen and oxygen atoms in total. The maximum absolute atomic E-state index is 5.72. The second kappa shape index (κ2) is 5.92. The monoisotopic (exact) mass is 235 g/mol. The fourth-order valence-electron chi connectivity index (χ4n) is 2.18. The molecule has 0 aromatic heterocycles. The van der Waals surface area contributed by atoms with Crippen molar-refractivity contribution in [3.8, 4) is 11.5 Å². The first kappa shape index (κ1) is 12.2. The van der Waals surface area contributed by atoms with Crippen LogP contribution >= 0.6 is 0 Å². The third-order valence-electron chi connectivity index (χ3n) is 3.19. The normalized spacial score (nSPS) is 16.4. The maximum Gasteiger partial charge on any atom is 0.161 e. The van der Waals surface area contributed by atoms with Gasteiger partial charge in [0.1, 0.15) is 0 Å². The van der Waals surface area contributed by atoms with E-state index in [1.807, 2.05) is 13.1 Å². The second-order valence-corrected chi connectivity index (χ2v) is 4.42. The van der Waals surface area contributed by atoms with E-state index in [0.29, 0.717) is 5.92 Å². The lowest BCUT2D eigenvalue weighted by Gasteiger charge is -2.16. The van der Waals surface area contributed by atoms with Crippen LogP contribution in [0.4, 0.5) is 0 Å². The molecule has 0 saturated carbocycles. The average Bonchev–Trinajstić information content (AvgIpc) is 2.60. The van der Waals surface area contributed by atoms with Gasteiger partial charge in [-0.3, -0.25) is 0 Å². The van der Waals surface area contributed by atoms with Crippen LogP contribution < -0.4 is 14.8 Å². The van der Waals surface area contributed by atoms with Crippen molar-refractivity contribution >= 4 is 0 Å². The van der Waals surface area contributed by atoms with Crippen molar-refractivity contribution in [3.63, 3.8) is 0 Å². The van der Waals surface area contributed by atoms with Crippen LogP contribution in [-0.2, 0) is 0 Å². The quantitative estimate of drug-likeness (QED) is 0.870. The molecular weight excluding hydrogens is 214 g/mol. The van der Waals surface area contributed by atoms with Crippen molar-refractivity contribution in [2.24, 2.45) is 0 Å². The minimum Gasteiger partial charge on any atom is -0.490 e. The molecule has 1 N–H and O–H groups in total. The van der Waals surface area contributed by atoms with Gasteiger partial charge >= 0.3 is 0 Å². The topological polar surface area (TPSA) is 30.5 Å². The molecule has 3 heteroatoms. The highest BCUT2D eigenvalue weighted by Gasteiger charge is 2.14. The highest BCUT2D eigenvalue weighted by molar-refractivity contribution is 5.44. The van der Waals surface area contributed by atoms with E-state index in [-0.39, 0.29) is 0 Å². The number of nitrogens with one attached hydrogen (secondary N) is 1. The number of fused-ring (bicyclic) bond motifs is 1. The Morgan fingerprint density at radius 3 is 2.71 bits per heavy atom. The first-order valence-electron chi connectivity index (χ1n) is 6.39. The van der Waals surface area contributed by atoms with Gasteiger partial charge in [0.15, 0.2) is 11.5 Å². The number of ether oxygens (including phenoxy) is 2. The summed E-state index contributed by atoms with van der Waals surface area (Å²) in [7, 11) is 1.99. The zero-order valence-electron chi connectivity index (χ0n) is 10.7. The van der Waals surface area contributed by atoms with Gasteiger partial charge in [0.05, 0.1) is 13.2 Å². The smallest absolute Gasteiger partial charge is 0.161 e. The second-order valence-electron chi connectivity index (χ2n) is 4.42. The summed E-state index contributed by atoms with van der Waals surface area (Å²) in [5, 5.41) is 3.24. The third kappa shape index (κ3) is 2.91. The fourth-order valence-corrected chi connectivity index (χ4v) is 2.18. The largest absolute Gasteiger partial charge is 0.490 e. The zero-order chi connectivity index (χ0) is 12.1. The minimum atomic E-state index is 0.539. The molecule has 1 atom stereocenters. The van der Waals surface area contributed by atoms with Gasteiger partial charge in [-0.15, -0.1) is 0 Å². The first-order chi connectivity index (χ1) is 8.35. The SMILES string of the molecule is CCC(CNC)c1ccc2c(c1)OCCCO2. The van der Waals surface area contributed by atoms with E-state index in [2.05, 4.69) is 24.4 Å². The van der Waals surface area contributed by atoms with Crippen molar-refractivity contribution in [2.45, 2.75) is 25.7 Å². The molecule has 1 heterocycles. The highest BCUT2D eigenvalue weighted by atomic mass is 16.5. The molecule has 2 rings (SSSR count). The Morgan fingerprint density at radius 1 is 1.24 bits per heavy atom. The number of benzene rings is 1. The third-order valence-corrected chi connectivity index (χ3v) is 3.19. The van der Waals surface area contributed by atoms with Gasteiger partial charge in [0.25, 0.3) is 0 Å². The fraction of sp³-hybridized carbons (Fsp3) is 0.571. The van der Waals surface area contributed by atoms with Crippen LogP contribution in [-0.4, -0.2) is 26.8 Å². The number of hydrogen-bond acceptors (Lipinski definition) is 3. The Kier molecular flexibility index (Phi) is 4.26. The molecule has 0 spiro atoms. The van der Waals surface area contributed by atoms with E-state index >= 15 is 0 Å². The van der Waals surface area contributed by atoms with Crippen LogP contribution in [0.5, 0.6) is 11.5 Å². The summed E-state index contributed by atoms with van der Waals surface area (Å²) in [4.78, 5) is 0. The summed E-state index contributed by atoms with van der Waals surface area (Å²) in [6.07, 6.45) is 2.08. The van der Waals surface area contributed by atoms with E-state index in [9.17, 15) is 0 Å². The van der Waals surface area contributed by atoms with Crippen molar-refractivity contribution in [1.29, 1.82) is 0 Å². The molecule has 1 aliphatic rings. The Hall–Kier alpha value is -1.22. The minimum absolute atomic E-state index is 0.539. The molecule has 0 aliphatic carbocycles. The predicted molar refractivity (Wildman–Crippen MR) is 69.0 cm³/mol. The standard InChI is InChI=1S/C14H21NO2/c1-3-11(10-15-2)12-5-6-13-14(9-12)17-8-4-7-16-13/h5-6,9,11,15H,3-4,7-8,10H2,1-2H3. The van der Waals surface area contributed by atoms with Gasteiger partial charge in [-0.05, 0) is 37.1 Å². The molecule has 0 radical (unpaired) electrons. The molecule has 0 fully saturated rings. The molecule has 0 saturated heterocycles. The lowest BCUT2D eigenvalue weighted by molar-refractivity contribution is 0.297. The van der Waals surface area contributed by atoms with Crippen LogP contribution in [0.25, 0.3) is 0 Å². The summed E-state index contributed by atoms with van der Waals surface area (Å²) in [6, 6.07) is 6.32. The predicted octanol–water partition coefficient (Wildman–Crippen LogP) is 2.56. The van der Waals surface area contributed by atoms with E-state index in [4.69, 9.17) is 9.47 Å². The summed E-state index contributed by atoms with van der Waals surface area (Å²) in [5.74, 6) is 2.32. The summed E-state index contributed by atoms with van der Waals surface area (Å²) in [6.45, 7) is 4.71. The maximum atomic E-state index is 5.72. The van der Waals surface area contributed by atoms with Crippen LogP contribution in [0.2, 0.25) is 0 Å². The van der Waals surface area contributed by atoms with E-state index in [1.54, 1.807) is 0 Å². The van der Waals surface area contributed by atoms with Gasteiger partial charge in [-0.25, -0.2) is 0 Å². The van der Waals surface area contributed by atoms with E-state index in [1.165, 1.54) is 5.56 Å². The lowest BCUT2D eigenvalue weighted by Crippen LogP contribution is -2.16. The molecule has 17 heavy (non-hydrogen) atoms. The van der Waals surface area contributed by atoms with Gasteiger partial charge in [0, 0.05) is 13.0 Å². The summed E-state index contributed by atoms with van der Waals surface area (Å²) >= 11 is 0. The van der Waals surface area contributed by atoms with Crippen LogP contribution in [0.15, 0.2) is 18.2 Å². The van der Waals surface area contributed by atoms with Gasteiger partial charge < -0.3 is 14.8 Å². The molecular formula is C14H21NO2. The Labute approximate surface area is 103 Å². The van der Waals surface area contributed by atoms with Gasteiger partial charge in [0.2, 0.25) is 0 Å². The number of likely N-dealkylation sites (N-methyl/N-ethyl adjacent to an activating group) is 1. The Balaban J connectivity index is 2.21. The molecule has 0 bridgehead atoms. The van der Waals surface area contributed by atoms with E-state index in [0.717, 1.165) is 44.1 Å². The lowest BCUT2D eigenvalue weighted by atomic mass is 9.96. The molecule has 94 valence electrons. The molecule has 1 unspecified atom stereocenters. The molecule has 1 aliphatic heterocycles. The van der Waals surface area contributed by atoms with Crippen LogP contribution in [0, 0.1) is 0 Å². The van der Waals surface area contributed by atoms with Crippen molar-refractivity contribution < 1.29 is 9.47 Å².